The number of nitrogens with one attached hydrogen (secondary N) is 1. The molecule has 0 bridgehead atoms. The van der Waals surface area contributed by atoms with Gasteiger partial charge in [0.15, 0.2) is 0 Å². The average molecular weight is 254 g/mol. The third kappa shape index (κ3) is 4.84. The summed E-state index contributed by atoms with van der Waals surface area (Å²) in [6, 6.07) is 0. The Bertz CT molecular complexity index is 208. The van der Waals surface area contributed by atoms with Gasteiger partial charge in [0.1, 0.15) is 0 Å². The standard InChI is InChI=1S/C14H30N4/c1-2-6-16-11-13-18(14-12-16)8-3-7-17-9-4-15-5-10-17/h15H,2-14H2,1H3. The molecule has 2 rings (SSSR count). The zero-order valence-corrected chi connectivity index (χ0v) is 12.0. The third-order valence-corrected chi connectivity index (χ3v) is 4.16. The molecule has 18 heavy (non-hydrogen) atoms. The first kappa shape index (κ1) is 14.3. The smallest absolute Gasteiger partial charge is 0.0110 e. The molecule has 4 nitrogen and oxygen atoms in total. The monoisotopic (exact) mass is 254 g/mol. The summed E-state index contributed by atoms with van der Waals surface area (Å²) in [5, 5.41) is 3.41. The Hall–Kier alpha value is -0.160. The molecule has 2 aliphatic rings. The van der Waals surface area contributed by atoms with E-state index in [1.807, 2.05) is 0 Å². The highest BCUT2D eigenvalue weighted by atomic mass is 15.3. The van der Waals surface area contributed by atoms with Crippen molar-refractivity contribution in [1.82, 2.24) is 20.0 Å². The molecular weight excluding hydrogens is 224 g/mol. The summed E-state index contributed by atoms with van der Waals surface area (Å²) in [5.41, 5.74) is 0. The van der Waals surface area contributed by atoms with Crippen LogP contribution in [0, 0.1) is 0 Å². The second kappa shape index (κ2) is 8.10. The van der Waals surface area contributed by atoms with Crippen LogP contribution in [-0.2, 0) is 0 Å². The van der Waals surface area contributed by atoms with Crippen LogP contribution in [0.15, 0.2) is 0 Å². The van der Waals surface area contributed by atoms with E-state index in [1.54, 1.807) is 0 Å². The van der Waals surface area contributed by atoms with E-state index in [4.69, 9.17) is 0 Å². The summed E-state index contributed by atoms with van der Waals surface area (Å²) in [4.78, 5) is 7.85. The lowest BCUT2D eigenvalue weighted by Gasteiger charge is -2.35. The van der Waals surface area contributed by atoms with Gasteiger partial charge in [-0.2, -0.15) is 0 Å². The van der Waals surface area contributed by atoms with E-state index in [2.05, 4.69) is 26.9 Å². The van der Waals surface area contributed by atoms with Crippen molar-refractivity contribution in [3.05, 3.63) is 0 Å². The van der Waals surface area contributed by atoms with E-state index >= 15 is 0 Å². The molecule has 2 fully saturated rings. The van der Waals surface area contributed by atoms with Crippen molar-refractivity contribution in [2.75, 3.05) is 72.0 Å². The number of nitrogens with zero attached hydrogens (tertiary/aromatic N) is 3. The molecule has 0 saturated carbocycles. The average Bonchev–Trinajstić information content (AvgIpc) is 2.42. The first-order valence-corrected chi connectivity index (χ1v) is 7.76. The van der Waals surface area contributed by atoms with E-state index in [1.165, 1.54) is 84.8 Å². The van der Waals surface area contributed by atoms with Gasteiger partial charge < -0.3 is 20.0 Å². The Labute approximate surface area is 112 Å². The molecule has 0 amide bonds. The van der Waals surface area contributed by atoms with Gasteiger partial charge in [-0.1, -0.05) is 6.92 Å². The van der Waals surface area contributed by atoms with E-state index in [0.717, 1.165) is 0 Å². The predicted octanol–water partition coefficient (Wildman–Crippen LogP) is 0.309. The molecule has 4 heteroatoms. The minimum atomic E-state index is 1.18. The van der Waals surface area contributed by atoms with Gasteiger partial charge in [-0.15, -0.1) is 0 Å². The second-order valence-corrected chi connectivity index (χ2v) is 5.63. The van der Waals surface area contributed by atoms with E-state index in [-0.39, 0.29) is 0 Å². The molecule has 0 aromatic heterocycles. The Morgan fingerprint density at radius 3 is 1.78 bits per heavy atom. The Morgan fingerprint density at radius 1 is 0.722 bits per heavy atom. The molecule has 0 aliphatic carbocycles. The zero-order chi connectivity index (χ0) is 12.6. The van der Waals surface area contributed by atoms with Crippen molar-refractivity contribution >= 4 is 0 Å². The fraction of sp³-hybridized carbons (Fsp3) is 1.00. The van der Waals surface area contributed by atoms with Gasteiger partial charge in [0.25, 0.3) is 0 Å². The second-order valence-electron chi connectivity index (χ2n) is 5.63. The molecule has 1 N–H and O–H groups in total. The largest absolute Gasteiger partial charge is 0.314 e. The third-order valence-electron chi connectivity index (χ3n) is 4.16. The molecular formula is C14H30N4. The van der Waals surface area contributed by atoms with Crippen molar-refractivity contribution < 1.29 is 0 Å². The highest BCUT2D eigenvalue weighted by Crippen LogP contribution is 2.04. The van der Waals surface area contributed by atoms with Crippen LogP contribution in [0.1, 0.15) is 19.8 Å². The lowest BCUT2D eigenvalue weighted by Crippen LogP contribution is -2.48. The maximum absolute atomic E-state index is 3.41. The Balaban J connectivity index is 1.52. The fourth-order valence-corrected chi connectivity index (χ4v) is 3.01. The molecule has 2 heterocycles. The summed E-state index contributed by atoms with van der Waals surface area (Å²) in [7, 11) is 0. The molecule has 0 atom stereocenters. The molecule has 0 unspecified atom stereocenters. The SMILES string of the molecule is CCCN1CCN(CCCN2CCNCC2)CC1. The number of hydrogen-bond donors (Lipinski definition) is 1. The summed E-state index contributed by atoms with van der Waals surface area (Å²) in [6.07, 6.45) is 2.64. The lowest BCUT2D eigenvalue weighted by molar-refractivity contribution is 0.125. The van der Waals surface area contributed by atoms with E-state index in [9.17, 15) is 0 Å². The van der Waals surface area contributed by atoms with Crippen LogP contribution < -0.4 is 5.32 Å². The Kier molecular flexibility index (Phi) is 6.41. The summed E-state index contributed by atoms with van der Waals surface area (Å²) in [6.45, 7) is 16.1. The molecule has 2 saturated heterocycles. The maximum Gasteiger partial charge on any atom is 0.0110 e. The van der Waals surface area contributed by atoms with Crippen LogP contribution in [0.25, 0.3) is 0 Å². The predicted molar refractivity (Wildman–Crippen MR) is 77.1 cm³/mol. The summed E-state index contributed by atoms with van der Waals surface area (Å²) >= 11 is 0. The van der Waals surface area contributed by atoms with Crippen LogP contribution in [-0.4, -0.2) is 86.7 Å². The van der Waals surface area contributed by atoms with Crippen LogP contribution in [0.3, 0.4) is 0 Å². The molecule has 106 valence electrons. The normalized spacial score (nSPS) is 24.5. The highest BCUT2D eigenvalue weighted by molar-refractivity contribution is 4.73. The number of rotatable bonds is 6. The van der Waals surface area contributed by atoms with Crippen LogP contribution in [0.5, 0.6) is 0 Å². The molecule has 0 spiro atoms. The van der Waals surface area contributed by atoms with Crippen LogP contribution in [0.4, 0.5) is 0 Å². The van der Waals surface area contributed by atoms with Gasteiger partial charge in [-0.05, 0) is 32.5 Å². The van der Waals surface area contributed by atoms with Crippen molar-refractivity contribution in [3.63, 3.8) is 0 Å². The number of piperazine rings is 2. The molecule has 2 aliphatic heterocycles. The lowest BCUT2D eigenvalue weighted by atomic mass is 10.2. The van der Waals surface area contributed by atoms with Gasteiger partial charge in [0.05, 0.1) is 0 Å². The minimum absolute atomic E-state index is 1.18. The molecule has 0 radical (unpaired) electrons. The van der Waals surface area contributed by atoms with E-state index < -0.39 is 0 Å². The summed E-state index contributed by atoms with van der Waals surface area (Å²) in [5.74, 6) is 0. The van der Waals surface area contributed by atoms with Gasteiger partial charge >= 0.3 is 0 Å². The van der Waals surface area contributed by atoms with Gasteiger partial charge in [0.2, 0.25) is 0 Å². The van der Waals surface area contributed by atoms with Gasteiger partial charge in [-0.25, -0.2) is 0 Å². The first-order chi connectivity index (χ1) is 8.88. The fourth-order valence-electron chi connectivity index (χ4n) is 3.01. The first-order valence-electron chi connectivity index (χ1n) is 7.76. The Morgan fingerprint density at radius 2 is 1.22 bits per heavy atom. The van der Waals surface area contributed by atoms with E-state index in [0.29, 0.717) is 0 Å². The van der Waals surface area contributed by atoms with Gasteiger partial charge in [0, 0.05) is 52.4 Å². The van der Waals surface area contributed by atoms with Gasteiger partial charge in [-0.3, -0.25) is 0 Å². The highest BCUT2D eigenvalue weighted by Gasteiger charge is 2.16. The molecule has 0 aromatic rings. The summed E-state index contributed by atoms with van der Waals surface area (Å²) < 4.78 is 0. The quantitative estimate of drug-likeness (QED) is 0.736. The van der Waals surface area contributed by atoms with Crippen molar-refractivity contribution in [1.29, 1.82) is 0 Å². The minimum Gasteiger partial charge on any atom is -0.314 e. The molecule has 0 aromatic carbocycles. The van der Waals surface area contributed by atoms with Crippen LogP contribution in [0.2, 0.25) is 0 Å². The van der Waals surface area contributed by atoms with Crippen molar-refractivity contribution in [3.8, 4) is 0 Å². The van der Waals surface area contributed by atoms with Crippen molar-refractivity contribution in [2.24, 2.45) is 0 Å². The topological polar surface area (TPSA) is 21.8 Å². The number of hydrogen-bond acceptors (Lipinski definition) is 4. The maximum atomic E-state index is 3.41. The van der Waals surface area contributed by atoms with Crippen LogP contribution >= 0.6 is 0 Å². The van der Waals surface area contributed by atoms with Crippen molar-refractivity contribution in [2.45, 2.75) is 19.8 Å². The zero-order valence-electron chi connectivity index (χ0n) is 12.0.